The van der Waals surface area contributed by atoms with Gasteiger partial charge in [0.25, 0.3) is 0 Å². The summed E-state index contributed by atoms with van der Waals surface area (Å²) in [5, 5.41) is 2.09. The highest BCUT2D eigenvalue weighted by Gasteiger charge is 2.22. The SMILES string of the molecule is NC1CCC(c2ncc(-c3cc(Br)cs3)[nH]2)CC1. The molecule has 0 radical (unpaired) electrons. The van der Waals surface area contributed by atoms with Crippen LogP contribution in [0, 0.1) is 0 Å². The molecular formula is C13H16BrN3S. The van der Waals surface area contributed by atoms with Gasteiger partial charge in [0.05, 0.1) is 16.8 Å². The van der Waals surface area contributed by atoms with Gasteiger partial charge in [0, 0.05) is 21.8 Å². The molecule has 0 unspecified atom stereocenters. The van der Waals surface area contributed by atoms with Crippen molar-refractivity contribution < 1.29 is 0 Å². The van der Waals surface area contributed by atoms with E-state index in [0.717, 1.165) is 41.7 Å². The third kappa shape index (κ3) is 2.53. The molecule has 1 fully saturated rings. The molecule has 1 saturated carbocycles. The van der Waals surface area contributed by atoms with E-state index in [9.17, 15) is 0 Å². The predicted octanol–water partition coefficient (Wildman–Crippen LogP) is 3.89. The van der Waals surface area contributed by atoms with E-state index in [1.165, 1.54) is 4.88 Å². The Kier molecular flexibility index (Phi) is 3.54. The Morgan fingerprint density at radius 3 is 2.78 bits per heavy atom. The van der Waals surface area contributed by atoms with Crippen LogP contribution in [0.4, 0.5) is 0 Å². The number of H-pyrrole nitrogens is 1. The van der Waals surface area contributed by atoms with Crippen molar-refractivity contribution in [1.29, 1.82) is 0 Å². The number of nitrogens with one attached hydrogen (secondary N) is 1. The van der Waals surface area contributed by atoms with Gasteiger partial charge in [-0.2, -0.15) is 0 Å². The van der Waals surface area contributed by atoms with Gasteiger partial charge < -0.3 is 10.7 Å². The molecule has 1 aliphatic carbocycles. The summed E-state index contributed by atoms with van der Waals surface area (Å²) in [6.45, 7) is 0. The summed E-state index contributed by atoms with van der Waals surface area (Å²) in [5.74, 6) is 1.68. The van der Waals surface area contributed by atoms with Crippen molar-refractivity contribution in [2.24, 2.45) is 5.73 Å². The lowest BCUT2D eigenvalue weighted by atomic mass is 9.86. The van der Waals surface area contributed by atoms with Crippen LogP contribution in [0.15, 0.2) is 22.1 Å². The van der Waals surface area contributed by atoms with E-state index in [0.29, 0.717) is 12.0 Å². The van der Waals surface area contributed by atoms with Gasteiger partial charge in [0.1, 0.15) is 5.82 Å². The van der Waals surface area contributed by atoms with Crippen LogP contribution >= 0.6 is 27.3 Å². The monoisotopic (exact) mass is 325 g/mol. The second-order valence-corrected chi connectivity index (χ2v) is 6.75. The summed E-state index contributed by atoms with van der Waals surface area (Å²) in [4.78, 5) is 9.24. The molecule has 0 spiro atoms. The maximum absolute atomic E-state index is 5.94. The van der Waals surface area contributed by atoms with Crippen molar-refractivity contribution in [3.63, 3.8) is 0 Å². The summed E-state index contributed by atoms with van der Waals surface area (Å²) < 4.78 is 1.13. The van der Waals surface area contributed by atoms with Gasteiger partial charge in [-0.3, -0.25) is 0 Å². The molecule has 0 amide bonds. The second-order valence-electron chi connectivity index (χ2n) is 4.92. The lowest BCUT2D eigenvalue weighted by molar-refractivity contribution is 0.386. The fraction of sp³-hybridized carbons (Fsp3) is 0.462. The van der Waals surface area contributed by atoms with E-state index in [1.807, 2.05) is 6.20 Å². The van der Waals surface area contributed by atoms with Gasteiger partial charge in [-0.05, 0) is 47.7 Å². The van der Waals surface area contributed by atoms with Gasteiger partial charge in [0.15, 0.2) is 0 Å². The maximum Gasteiger partial charge on any atom is 0.109 e. The van der Waals surface area contributed by atoms with E-state index in [4.69, 9.17) is 5.73 Å². The molecule has 96 valence electrons. The third-order valence-electron chi connectivity index (χ3n) is 3.59. The average molecular weight is 326 g/mol. The Morgan fingerprint density at radius 2 is 2.11 bits per heavy atom. The smallest absolute Gasteiger partial charge is 0.109 e. The maximum atomic E-state index is 5.94. The van der Waals surface area contributed by atoms with Crippen LogP contribution in [0.5, 0.6) is 0 Å². The number of thiophene rings is 1. The van der Waals surface area contributed by atoms with Gasteiger partial charge in [-0.25, -0.2) is 4.98 Å². The Morgan fingerprint density at radius 1 is 1.33 bits per heavy atom. The normalized spacial score (nSPS) is 24.3. The molecule has 0 atom stereocenters. The van der Waals surface area contributed by atoms with Gasteiger partial charge in [-0.15, -0.1) is 11.3 Å². The number of rotatable bonds is 2. The van der Waals surface area contributed by atoms with Crippen LogP contribution in [0.3, 0.4) is 0 Å². The number of aromatic nitrogens is 2. The second kappa shape index (κ2) is 5.15. The number of halogens is 1. The molecule has 0 bridgehead atoms. The number of imidazole rings is 1. The summed E-state index contributed by atoms with van der Waals surface area (Å²) in [6.07, 6.45) is 6.49. The minimum absolute atomic E-state index is 0.393. The highest BCUT2D eigenvalue weighted by molar-refractivity contribution is 9.10. The van der Waals surface area contributed by atoms with Crippen molar-refractivity contribution in [2.75, 3.05) is 0 Å². The molecule has 0 saturated heterocycles. The molecule has 3 nitrogen and oxygen atoms in total. The number of hydrogen-bond donors (Lipinski definition) is 2. The Balaban J connectivity index is 1.77. The summed E-state index contributed by atoms with van der Waals surface area (Å²) in [7, 11) is 0. The lowest BCUT2D eigenvalue weighted by Gasteiger charge is -2.24. The number of nitrogens with zero attached hydrogens (tertiary/aromatic N) is 1. The van der Waals surface area contributed by atoms with Crippen molar-refractivity contribution in [1.82, 2.24) is 9.97 Å². The largest absolute Gasteiger partial charge is 0.341 e. The topological polar surface area (TPSA) is 54.7 Å². The molecule has 2 aromatic rings. The molecule has 18 heavy (non-hydrogen) atoms. The third-order valence-corrected chi connectivity index (χ3v) is 5.31. The zero-order valence-corrected chi connectivity index (χ0v) is 12.4. The molecule has 2 heterocycles. The predicted molar refractivity (Wildman–Crippen MR) is 78.8 cm³/mol. The van der Waals surface area contributed by atoms with Crippen LogP contribution < -0.4 is 5.73 Å². The van der Waals surface area contributed by atoms with Gasteiger partial charge >= 0.3 is 0 Å². The van der Waals surface area contributed by atoms with Crippen molar-refractivity contribution in [3.05, 3.63) is 27.9 Å². The first-order valence-electron chi connectivity index (χ1n) is 6.27. The fourth-order valence-electron chi connectivity index (χ4n) is 2.52. The average Bonchev–Trinajstić information content (AvgIpc) is 2.98. The molecule has 0 aliphatic heterocycles. The van der Waals surface area contributed by atoms with Crippen LogP contribution in [0.25, 0.3) is 10.6 Å². The number of nitrogens with two attached hydrogens (primary N) is 1. The van der Waals surface area contributed by atoms with E-state index in [2.05, 4.69) is 37.3 Å². The van der Waals surface area contributed by atoms with E-state index >= 15 is 0 Å². The zero-order valence-electron chi connectivity index (χ0n) is 10.0. The Hall–Kier alpha value is -0.650. The highest BCUT2D eigenvalue weighted by Crippen LogP contribution is 2.33. The molecule has 2 aromatic heterocycles. The summed E-state index contributed by atoms with van der Waals surface area (Å²) >= 11 is 5.21. The molecular weight excluding hydrogens is 310 g/mol. The van der Waals surface area contributed by atoms with E-state index < -0.39 is 0 Å². The number of hydrogen-bond acceptors (Lipinski definition) is 3. The molecule has 1 aliphatic rings. The summed E-state index contributed by atoms with van der Waals surface area (Å²) in [5.41, 5.74) is 7.06. The zero-order chi connectivity index (χ0) is 12.5. The molecule has 0 aromatic carbocycles. The van der Waals surface area contributed by atoms with Gasteiger partial charge in [0.2, 0.25) is 0 Å². The first kappa shape index (κ1) is 12.4. The summed E-state index contributed by atoms with van der Waals surface area (Å²) in [6, 6.07) is 2.52. The van der Waals surface area contributed by atoms with E-state index in [1.54, 1.807) is 11.3 Å². The Bertz CT molecular complexity index is 526. The molecule has 5 heteroatoms. The highest BCUT2D eigenvalue weighted by atomic mass is 79.9. The van der Waals surface area contributed by atoms with Gasteiger partial charge in [-0.1, -0.05) is 0 Å². The number of aromatic amines is 1. The molecule has 3 rings (SSSR count). The molecule has 3 N–H and O–H groups in total. The standard InChI is InChI=1S/C13H16BrN3S/c14-9-5-12(18-7-9)11-6-16-13(17-11)8-1-3-10(15)4-2-8/h5-8,10H,1-4,15H2,(H,16,17). The minimum Gasteiger partial charge on any atom is -0.341 e. The minimum atomic E-state index is 0.393. The first-order chi connectivity index (χ1) is 8.72. The van der Waals surface area contributed by atoms with Crippen molar-refractivity contribution >= 4 is 27.3 Å². The van der Waals surface area contributed by atoms with Crippen LogP contribution in [0.1, 0.15) is 37.4 Å². The quantitative estimate of drug-likeness (QED) is 0.880. The van der Waals surface area contributed by atoms with Crippen LogP contribution in [-0.4, -0.2) is 16.0 Å². The fourth-order valence-corrected chi connectivity index (χ4v) is 3.91. The lowest BCUT2D eigenvalue weighted by Crippen LogP contribution is -2.26. The first-order valence-corrected chi connectivity index (χ1v) is 7.94. The van der Waals surface area contributed by atoms with E-state index in [-0.39, 0.29) is 0 Å². The van der Waals surface area contributed by atoms with Crippen LogP contribution in [0.2, 0.25) is 0 Å². The van der Waals surface area contributed by atoms with Crippen molar-refractivity contribution in [3.8, 4) is 10.6 Å². The Labute approximate surface area is 119 Å². The van der Waals surface area contributed by atoms with Crippen molar-refractivity contribution in [2.45, 2.75) is 37.6 Å². The van der Waals surface area contributed by atoms with Crippen LogP contribution in [-0.2, 0) is 0 Å².